The van der Waals surface area contributed by atoms with Crippen LogP contribution in [0.2, 0.25) is 0 Å². The quantitative estimate of drug-likeness (QED) is 0.704. The second-order valence-electron chi connectivity index (χ2n) is 3.81. The van der Waals surface area contributed by atoms with Crippen molar-refractivity contribution in [2.24, 2.45) is 0 Å². The Balaban J connectivity index is 2.23. The highest BCUT2D eigenvalue weighted by Crippen LogP contribution is 2.09. The first-order chi connectivity index (χ1) is 8.28. The van der Waals surface area contributed by atoms with Crippen molar-refractivity contribution in [2.45, 2.75) is 6.92 Å². The van der Waals surface area contributed by atoms with Crippen LogP contribution in [-0.4, -0.2) is 4.98 Å². The Morgan fingerprint density at radius 2 is 1.94 bits per heavy atom. The van der Waals surface area contributed by atoms with Crippen molar-refractivity contribution in [1.29, 1.82) is 0 Å². The zero-order valence-electron chi connectivity index (χ0n) is 9.72. The van der Waals surface area contributed by atoms with Crippen LogP contribution >= 0.6 is 0 Å². The minimum Gasteiger partial charge on any atom is -0.254 e. The SMILES string of the molecule is C#Cc1cccc(/C=C/c2cccc(C)n2)c1. The number of hydrogen-bond acceptors (Lipinski definition) is 1. The van der Waals surface area contributed by atoms with E-state index in [1.807, 2.05) is 61.5 Å². The number of terminal acetylenes is 1. The molecular weight excluding hydrogens is 206 g/mol. The maximum absolute atomic E-state index is 5.36. The number of aryl methyl sites for hydroxylation is 1. The van der Waals surface area contributed by atoms with Gasteiger partial charge in [0.25, 0.3) is 0 Å². The highest BCUT2D eigenvalue weighted by Gasteiger charge is 1.91. The van der Waals surface area contributed by atoms with E-state index in [-0.39, 0.29) is 0 Å². The van der Waals surface area contributed by atoms with Gasteiger partial charge in [-0.1, -0.05) is 30.2 Å². The maximum Gasteiger partial charge on any atom is 0.0633 e. The largest absolute Gasteiger partial charge is 0.254 e. The predicted octanol–water partition coefficient (Wildman–Crippen LogP) is 3.54. The Hall–Kier alpha value is -2.33. The van der Waals surface area contributed by atoms with Crippen LogP contribution in [0.25, 0.3) is 12.2 Å². The molecule has 0 amide bonds. The lowest BCUT2D eigenvalue weighted by Crippen LogP contribution is -1.83. The van der Waals surface area contributed by atoms with Gasteiger partial charge >= 0.3 is 0 Å². The Morgan fingerprint density at radius 3 is 2.71 bits per heavy atom. The minimum absolute atomic E-state index is 0.893. The third-order valence-electron chi connectivity index (χ3n) is 2.41. The lowest BCUT2D eigenvalue weighted by molar-refractivity contribution is 1.18. The zero-order valence-corrected chi connectivity index (χ0v) is 9.72. The molecule has 0 bridgehead atoms. The summed E-state index contributed by atoms with van der Waals surface area (Å²) in [7, 11) is 0. The van der Waals surface area contributed by atoms with Crippen LogP contribution in [0.1, 0.15) is 22.5 Å². The van der Waals surface area contributed by atoms with Crippen LogP contribution in [0.15, 0.2) is 42.5 Å². The van der Waals surface area contributed by atoms with Gasteiger partial charge in [0.05, 0.1) is 5.69 Å². The molecule has 0 unspecified atom stereocenters. The molecule has 1 aromatic carbocycles. The smallest absolute Gasteiger partial charge is 0.0633 e. The van der Waals surface area contributed by atoms with Gasteiger partial charge in [-0.2, -0.15) is 0 Å². The van der Waals surface area contributed by atoms with Crippen molar-refractivity contribution in [2.75, 3.05) is 0 Å². The molecular formula is C16H13N. The van der Waals surface area contributed by atoms with Crippen molar-refractivity contribution in [3.63, 3.8) is 0 Å². The first-order valence-electron chi connectivity index (χ1n) is 5.46. The molecule has 0 aliphatic heterocycles. The number of rotatable bonds is 2. The Kier molecular flexibility index (Phi) is 3.37. The van der Waals surface area contributed by atoms with Crippen LogP contribution in [0, 0.1) is 19.3 Å². The van der Waals surface area contributed by atoms with Crippen molar-refractivity contribution < 1.29 is 0 Å². The van der Waals surface area contributed by atoms with E-state index in [0.29, 0.717) is 0 Å². The predicted molar refractivity (Wildman–Crippen MR) is 72.3 cm³/mol. The molecule has 0 saturated heterocycles. The summed E-state index contributed by atoms with van der Waals surface area (Å²) in [4.78, 5) is 4.40. The third-order valence-corrected chi connectivity index (χ3v) is 2.41. The van der Waals surface area contributed by atoms with Crippen LogP contribution < -0.4 is 0 Å². The third kappa shape index (κ3) is 3.06. The second kappa shape index (κ2) is 5.14. The molecule has 1 nitrogen and oxygen atoms in total. The van der Waals surface area contributed by atoms with E-state index in [9.17, 15) is 0 Å². The lowest BCUT2D eigenvalue weighted by atomic mass is 10.1. The summed E-state index contributed by atoms with van der Waals surface area (Å²) in [5.74, 6) is 2.63. The van der Waals surface area contributed by atoms with Crippen molar-refractivity contribution >= 4 is 12.2 Å². The van der Waals surface area contributed by atoms with Gasteiger partial charge in [0.1, 0.15) is 0 Å². The van der Waals surface area contributed by atoms with Crippen LogP contribution in [0.5, 0.6) is 0 Å². The average molecular weight is 219 g/mol. The number of benzene rings is 1. The van der Waals surface area contributed by atoms with Crippen LogP contribution in [0.4, 0.5) is 0 Å². The van der Waals surface area contributed by atoms with E-state index in [4.69, 9.17) is 6.42 Å². The van der Waals surface area contributed by atoms with E-state index in [1.165, 1.54) is 0 Å². The summed E-state index contributed by atoms with van der Waals surface area (Å²) in [5.41, 5.74) is 3.95. The van der Waals surface area contributed by atoms with Gasteiger partial charge in [0, 0.05) is 11.3 Å². The fourth-order valence-corrected chi connectivity index (χ4v) is 1.57. The van der Waals surface area contributed by atoms with Gasteiger partial charge in [-0.05, 0) is 42.8 Å². The summed E-state index contributed by atoms with van der Waals surface area (Å²) in [6.45, 7) is 1.98. The van der Waals surface area contributed by atoms with E-state index < -0.39 is 0 Å². The summed E-state index contributed by atoms with van der Waals surface area (Å²) < 4.78 is 0. The number of pyridine rings is 1. The second-order valence-corrected chi connectivity index (χ2v) is 3.81. The molecule has 2 aromatic rings. The molecule has 2 rings (SSSR count). The standard InChI is InChI=1S/C16H13N/c1-3-14-7-5-8-15(12-14)10-11-16-9-4-6-13(2)17-16/h1,4-12H,2H3/b11-10+. The molecule has 0 aliphatic carbocycles. The number of nitrogens with zero attached hydrogens (tertiary/aromatic N) is 1. The molecule has 0 fully saturated rings. The van der Waals surface area contributed by atoms with Gasteiger partial charge in [-0.15, -0.1) is 6.42 Å². The van der Waals surface area contributed by atoms with Crippen molar-refractivity contribution in [3.05, 3.63) is 65.0 Å². The van der Waals surface area contributed by atoms with Crippen LogP contribution in [0.3, 0.4) is 0 Å². The topological polar surface area (TPSA) is 12.9 Å². The van der Waals surface area contributed by atoms with Crippen LogP contribution in [-0.2, 0) is 0 Å². The first-order valence-corrected chi connectivity index (χ1v) is 5.46. The Morgan fingerprint density at radius 1 is 1.12 bits per heavy atom. The fraction of sp³-hybridized carbons (Fsp3) is 0.0625. The molecule has 1 heterocycles. The number of hydrogen-bond donors (Lipinski definition) is 0. The normalized spacial score (nSPS) is 10.4. The molecule has 1 aromatic heterocycles. The van der Waals surface area contributed by atoms with Crippen molar-refractivity contribution in [3.8, 4) is 12.3 Å². The van der Waals surface area contributed by atoms with Gasteiger partial charge in [0.15, 0.2) is 0 Å². The molecule has 0 aliphatic rings. The molecule has 0 radical (unpaired) electrons. The Labute approximate surface area is 102 Å². The maximum atomic E-state index is 5.36. The summed E-state index contributed by atoms with van der Waals surface area (Å²) in [5, 5.41) is 0. The van der Waals surface area contributed by atoms with Gasteiger partial charge in [-0.25, -0.2) is 0 Å². The molecule has 0 saturated carbocycles. The van der Waals surface area contributed by atoms with Gasteiger partial charge in [0.2, 0.25) is 0 Å². The minimum atomic E-state index is 0.893. The highest BCUT2D eigenvalue weighted by atomic mass is 14.7. The first kappa shape index (κ1) is 11.2. The van der Waals surface area contributed by atoms with E-state index >= 15 is 0 Å². The van der Waals surface area contributed by atoms with E-state index in [0.717, 1.165) is 22.5 Å². The highest BCUT2D eigenvalue weighted by molar-refractivity contribution is 5.68. The average Bonchev–Trinajstić information content (AvgIpc) is 2.37. The molecule has 17 heavy (non-hydrogen) atoms. The zero-order chi connectivity index (χ0) is 12.1. The molecule has 0 N–H and O–H groups in total. The fourth-order valence-electron chi connectivity index (χ4n) is 1.57. The van der Waals surface area contributed by atoms with E-state index in [2.05, 4.69) is 10.9 Å². The monoisotopic (exact) mass is 219 g/mol. The van der Waals surface area contributed by atoms with Gasteiger partial charge < -0.3 is 0 Å². The summed E-state index contributed by atoms with van der Waals surface area (Å²) >= 11 is 0. The Bertz CT molecular complexity index is 588. The molecule has 1 heteroatoms. The van der Waals surface area contributed by atoms with Crippen molar-refractivity contribution in [1.82, 2.24) is 4.98 Å². The summed E-state index contributed by atoms with van der Waals surface area (Å²) in [6, 6.07) is 13.8. The summed E-state index contributed by atoms with van der Waals surface area (Å²) in [6.07, 6.45) is 9.36. The lowest BCUT2D eigenvalue weighted by Gasteiger charge is -1.96. The molecule has 0 spiro atoms. The van der Waals surface area contributed by atoms with Gasteiger partial charge in [-0.3, -0.25) is 4.98 Å². The van der Waals surface area contributed by atoms with E-state index in [1.54, 1.807) is 0 Å². The number of aromatic nitrogens is 1. The molecule has 0 atom stereocenters. The molecule has 82 valence electrons.